The van der Waals surface area contributed by atoms with Crippen LogP contribution in [0.4, 0.5) is 5.95 Å². The van der Waals surface area contributed by atoms with Crippen LogP contribution >= 0.6 is 11.3 Å². The Morgan fingerprint density at radius 2 is 2.05 bits per heavy atom. The van der Waals surface area contributed by atoms with Gasteiger partial charge in [-0.05, 0) is 17.5 Å². The van der Waals surface area contributed by atoms with Gasteiger partial charge >= 0.3 is 0 Å². The van der Waals surface area contributed by atoms with Gasteiger partial charge in [0, 0.05) is 32.5 Å². The Labute approximate surface area is 116 Å². The summed E-state index contributed by atoms with van der Waals surface area (Å²) in [7, 11) is -1.82. The van der Waals surface area contributed by atoms with Crippen LogP contribution in [0.15, 0.2) is 40.2 Å². The number of nitrogens with zero attached hydrogens (tertiary/aromatic N) is 3. The predicted molar refractivity (Wildman–Crippen MR) is 74.7 cm³/mol. The lowest BCUT2D eigenvalue weighted by Crippen LogP contribution is -2.31. The highest BCUT2D eigenvalue weighted by molar-refractivity contribution is 7.91. The molecule has 2 aromatic rings. The van der Waals surface area contributed by atoms with Crippen LogP contribution < -0.4 is 5.32 Å². The minimum absolute atomic E-state index is 0.346. The molecule has 0 saturated carbocycles. The van der Waals surface area contributed by atoms with Crippen molar-refractivity contribution in [2.75, 3.05) is 25.5 Å². The lowest BCUT2D eigenvalue weighted by atomic mass is 10.6. The quantitative estimate of drug-likeness (QED) is 0.869. The van der Waals surface area contributed by atoms with Gasteiger partial charge in [0.05, 0.1) is 0 Å². The molecule has 0 aliphatic rings. The molecular weight excluding hydrogens is 284 g/mol. The molecule has 0 unspecified atom stereocenters. The lowest BCUT2D eigenvalue weighted by Gasteiger charge is -2.16. The van der Waals surface area contributed by atoms with Gasteiger partial charge in [-0.25, -0.2) is 18.4 Å². The maximum absolute atomic E-state index is 12.1. The molecule has 2 aromatic heterocycles. The molecule has 0 aromatic carbocycles. The van der Waals surface area contributed by atoms with E-state index in [1.807, 2.05) is 0 Å². The van der Waals surface area contributed by atoms with E-state index in [2.05, 4.69) is 15.3 Å². The molecule has 0 aliphatic carbocycles. The Bertz CT molecular complexity index is 599. The maximum Gasteiger partial charge on any atom is 0.252 e. The van der Waals surface area contributed by atoms with E-state index in [0.29, 0.717) is 23.2 Å². The Kier molecular flexibility index (Phi) is 4.46. The minimum Gasteiger partial charge on any atom is -0.353 e. The SMILES string of the molecule is CN(CCNc1ncccn1)S(=O)(=O)c1cccs1. The molecule has 6 nitrogen and oxygen atoms in total. The van der Waals surface area contributed by atoms with Gasteiger partial charge in [0.1, 0.15) is 4.21 Å². The predicted octanol–water partition coefficient (Wildman–Crippen LogP) is 1.27. The summed E-state index contributed by atoms with van der Waals surface area (Å²) in [4.78, 5) is 8.00. The van der Waals surface area contributed by atoms with Crippen LogP contribution in [0.2, 0.25) is 0 Å². The standard InChI is InChI=1S/C11H14N4O2S2/c1-15(19(16,17)10-4-2-9-18-10)8-7-14-11-12-5-3-6-13-11/h2-6,9H,7-8H2,1H3,(H,12,13,14). The highest BCUT2D eigenvalue weighted by Crippen LogP contribution is 2.19. The summed E-state index contributed by atoms with van der Waals surface area (Å²) in [5.74, 6) is 0.490. The average molecular weight is 298 g/mol. The van der Waals surface area contributed by atoms with Crippen LogP contribution in [0, 0.1) is 0 Å². The second-order valence-electron chi connectivity index (χ2n) is 3.76. The summed E-state index contributed by atoms with van der Waals surface area (Å²) < 4.78 is 25.9. The number of thiophene rings is 1. The molecule has 0 aliphatic heterocycles. The zero-order valence-electron chi connectivity index (χ0n) is 10.4. The monoisotopic (exact) mass is 298 g/mol. The Morgan fingerprint density at radius 3 is 2.68 bits per heavy atom. The first-order valence-electron chi connectivity index (χ1n) is 5.61. The number of anilines is 1. The van der Waals surface area contributed by atoms with E-state index in [-0.39, 0.29) is 0 Å². The number of nitrogens with one attached hydrogen (secondary N) is 1. The van der Waals surface area contributed by atoms with Gasteiger partial charge in [-0.2, -0.15) is 4.31 Å². The molecular formula is C11H14N4O2S2. The first-order valence-corrected chi connectivity index (χ1v) is 7.93. The van der Waals surface area contributed by atoms with Crippen molar-refractivity contribution in [2.24, 2.45) is 0 Å². The molecule has 19 heavy (non-hydrogen) atoms. The molecule has 2 heterocycles. The lowest BCUT2D eigenvalue weighted by molar-refractivity contribution is 0.482. The van der Waals surface area contributed by atoms with E-state index >= 15 is 0 Å². The van der Waals surface area contributed by atoms with Crippen LogP contribution in [-0.4, -0.2) is 42.8 Å². The van der Waals surface area contributed by atoms with Crippen LogP contribution in [0.3, 0.4) is 0 Å². The van der Waals surface area contributed by atoms with Crippen LogP contribution in [0.25, 0.3) is 0 Å². The molecule has 0 spiro atoms. The van der Waals surface area contributed by atoms with E-state index in [0.717, 1.165) is 0 Å². The fourth-order valence-corrected chi connectivity index (χ4v) is 3.77. The summed E-state index contributed by atoms with van der Waals surface area (Å²) in [6.45, 7) is 0.795. The molecule has 8 heteroatoms. The maximum atomic E-state index is 12.1. The first-order chi connectivity index (χ1) is 9.10. The van der Waals surface area contributed by atoms with Gasteiger partial charge < -0.3 is 5.32 Å². The van der Waals surface area contributed by atoms with Crippen molar-refractivity contribution in [1.29, 1.82) is 0 Å². The third kappa shape index (κ3) is 3.49. The summed E-state index contributed by atoms with van der Waals surface area (Å²) in [6.07, 6.45) is 3.25. The highest BCUT2D eigenvalue weighted by Gasteiger charge is 2.20. The molecule has 1 N–H and O–H groups in total. The fourth-order valence-electron chi connectivity index (χ4n) is 1.40. The molecule has 0 atom stereocenters. The average Bonchev–Trinajstić information content (AvgIpc) is 2.94. The first kappa shape index (κ1) is 13.9. The molecule has 102 valence electrons. The van der Waals surface area contributed by atoms with Gasteiger partial charge in [-0.1, -0.05) is 6.07 Å². The van der Waals surface area contributed by atoms with Crippen LogP contribution in [-0.2, 0) is 10.0 Å². The van der Waals surface area contributed by atoms with E-state index in [1.165, 1.54) is 15.6 Å². The second kappa shape index (κ2) is 6.09. The van der Waals surface area contributed by atoms with E-state index < -0.39 is 10.0 Å². The summed E-state index contributed by atoms with van der Waals surface area (Å²) in [5.41, 5.74) is 0. The highest BCUT2D eigenvalue weighted by atomic mass is 32.2. The van der Waals surface area contributed by atoms with E-state index in [1.54, 1.807) is 43.0 Å². The third-order valence-electron chi connectivity index (χ3n) is 2.44. The van der Waals surface area contributed by atoms with Crippen molar-refractivity contribution >= 4 is 27.3 Å². The smallest absolute Gasteiger partial charge is 0.252 e. The molecule has 0 fully saturated rings. The fraction of sp³-hybridized carbons (Fsp3) is 0.273. The molecule has 0 saturated heterocycles. The minimum atomic E-state index is -3.38. The summed E-state index contributed by atoms with van der Waals surface area (Å²) >= 11 is 1.21. The van der Waals surface area contributed by atoms with Crippen molar-refractivity contribution in [3.05, 3.63) is 36.0 Å². The third-order valence-corrected chi connectivity index (χ3v) is 5.67. The van der Waals surface area contributed by atoms with E-state index in [4.69, 9.17) is 0 Å². The van der Waals surface area contributed by atoms with Crippen LogP contribution in [0.5, 0.6) is 0 Å². The summed E-state index contributed by atoms with van der Waals surface area (Å²) in [6, 6.07) is 5.05. The Balaban J connectivity index is 1.90. The number of aromatic nitrogens is 2. The zero-order chi connectivity index (χ0) is 13.7. The van der Waals surface area contributed by atoms with Crippen molar-refractivity contribution in [3.63, 3.8) is 0 Å². The zero-order valence-corrected chi connectivity index (χ0v) is 12.0. The number of rotatable bonds is 6. The summed E-state index contributed by atoms with van der Waals surface area (Å²) in [5, 5.41) is 4.71. The van der Waals surface area contributed by atoms with Gasteiger partial charge in [0.2, 0.25) is 5.95 Å². The number of sulfonamides is 1. The van der Waals surface area contributed by atoms with Crippen molar-refractivity contribution in [1.82, 2.24) is 14.3 Å². The van der Waals surface area contributed by atoms with Gasteiger partial charge in [0.25, 0.3) is 10.0 Å². The van der Waals surface area contributed by atoms with Crippen LogP contribution in [0.1, 0.15) is 0 Å². The topological polar surface area (TPSA) is 75.2 Å². The van der Waals surface area contributed by atoms with Crippen molar-refractivity contribution < 1.29 is 8.42 Å². The number of hydrogen-bond donors (Lipinski definition) is 1. The molecule has 0 amide bonds. The Hall–Kier alpha value is -1.51. The van der Waals surface area contributed by atoms with E-state index in [9.17, 15) is 8.42 Å². The molecule has 0 bridgehead atoms. The Morgan fingerprint density at radius 1 is 1.32 bits per heavy atom. The number of hydrogen-bond acceptors (Lipinski definition) is 6. The van der Waals surface area contributed by atoms with Gasteiger partial charge in [-0.3, -0.25) is 0 Å². The van der Waals surface area contributed by atoms with Gasteiger partial charge in [-0.15, -0.1) is 11.3 Å². The largest absolute Gasteiger partial charge is 0.353 e. The van der Waals surface area contributed by atoms with Crippen molar-refractivity contribution in [3.8, 4) is 0 Å². The molecule has 2 rings (SSSR count). The van der Waals surface area contributed by atoms with Crippen molar-refractivity contribution in [2.45, 2.75) is 4.21 Å². The van der Waals surface area contributed by atoms with Gasteiger partial charge in [0.15, 0.2) is 0 Å². The normalized spacial score (nSPS) is 11.7. The number of likely N-dealkylation sites (N-methyl/N-ethyl adjacent to an activating group) is 1. The molecule has 0 radical (unpaired) electrons. The second-order valence-corrected chi connectivity index (χ2v) is 6.98.